The topological polar surface area (TPSA) is 77.8 Å². The minimum Gasteiger partial charge on any atom is -0.507 e. The maximum absolute atomic E-state index is 11.5. The lowest BCUT2D eigenvalue weighted by molar-refractivity contribution is -0.107. The van der Waals surface area contributed by atoms with Crippen LogP contribution < -0.4 is 4.90 Å². The number of carbonyl (C=O) groups excluding carboxylic acids is 1. The van der Waals surface area contributed by atoms with Crippen molar-refractivity contribution < 1.29 is 19.8 Å². The Morgan fingerprint density at radius 3 is 2.35 bits per heavy atom. The van der Waals surface area contributed by atoms with Crippen LogP contribution >= 0.6 is 0 Å². The molecule has 136 valence electrons. The number of hydrogen-bond acceptors (Lipinski definition) is 3. The SMILES string of the molecule is O=CN(Cc1ccc(C2CCCCC2)cc1)c1ccc(C(=O)O)c(O)c1. The Kier molecular flexibility index (Phi) is 5.56. The maximum Gasteiger partial charge on any atom is 0.339 e. The highest BCUT2D eigenvalue weighted by Gasteiger charge is 2.16. The van der Waals surface area contributed by atoms with Crippen molar-refractivity contribution in [1.29, 1.82) is 0 Å². The lowest BCUT2D eigenvalue weighted by atomic mass is 9.84. The molecule has 0 atom stereocenters. The molecule has 26 heavy (non-hydrogen) atoms. The van der Waals surface area contributed by atoms with Gasteiger partial charge in [-0.15, -0.1) is 0 Å². The van der Waals surface area contributed by atoms with Crippen LogP contribution in [0.1, 0.15) is 59.5 Å². The standard InChI is InChI=1S/C21H23NO4/c23-14-22(18-10-11-19(21(25)26)20(24)12-18)13-15-6-8-17(9-7-15)16-4-2-1-3-5-16/h6-12,14,16,24H,1-5,13H2,(H,25,26). The number of benzene rings is 2. The zero-order chi connectivity index (χ0) is 18.5. The Balaban J connectivity index is 1.72. The molecular formula is C21H23NO4. The molecule has 0 aliphatic heterocycles. The summed E-state index contributed by atoms with van der Waals surface area (Å²) in [6.07, 6.45) is 7.09. The first-order chi connectivity index (χ1) is 12.6. The molecule has 1 aliphatic rings. The molecule has 1 amide bonds. The zero-order valence-corrected chi connectivity index (χ0v) is 14.6. The van der Waals surface area contributed by atoms with E-state index in [0.29, 0.717) is 24.6 Å². The highest BCUT2D eigenvalue weighted by molar-refractivity contribution is 5.92. The summed E-state index contributed by atoms with van der Waals surface area (Å²) >= 11 is 0. The van der Waals surface area contributed by atoms with Crippen molar-refractivity contribution in [2.75, 3.05) is 4.90 Å². The van der Waals surface area contributed by atoms with Gasteiger partial charge in [0.05, 0.1) is 6.54 Å². The molecule has 0 radical (unpaired) electrons. The van der Waals surface area contributed by atoms with Gasteiger partial charge in [-0.1, -0.05) is 43.5 Å². The van der Waals surface area contributed by atoms with Crippen LogP contribution in [0.4, 0.5) is 5.69 Å². The number of nitrogens with zero attached hydrogens (tertiary/aromatic N) is 1. The first-order valence-corrected chi connectivity index (χ1v) is 8.95. The second kappa shape index (κ2) is 8.04. The van der Waals surface area contributed by atoms with Crippen LogP contribution in [0.25, 0.3) is 0 Å². The summed E-state index contributed by atoms with van der Waals surface area (Å²) in [5.41, 5.74) is 2.61. The summed E-state index contributed by atoms with van der Waals surface area (Å²) in [5.74, 6) is -0.917. The van der Waals surface area contributed by atoms with Crippen molar-refractivity contribution in [3.05, 3.63) is 59.2 Å². The van der Waals surface area contributed by atoms with Crippen LogP contribution in [-0.4, -0.2) is 22.6 Å². The Hall–Kier alpha value is -2.82. The second-order valence-corrected chi connectivity index (χ2v) is 6.82. The van der Waals surface area contributed by atoms with Crippen LogP contribution in [0.2, 0.25) is 0 Å². The van der Waals surface area contributed by atoms with E-state index in [0.717, 1.165) is 5.56 Å². The quantitative estimate of drug-likeness (QED) is 0.759. The van der Waals surface area contributed by atoms with Gasteiger partial charge in [0.25, 0.3) is 0 Å². The molecule has 5 heteroatoms. The van der Waals surface area contributed by atoms with Crippen LogP contribution in [0.5, 0.6) is 5.75 Å². The molecule has 0 saturated heterocycles. The number of aromatic hydroxyl groups is 1. The molecule has 1 fully saturated rings. The van der Waals surface area contributed by atoms with Crippen molar-refractivity contribution >= 4 is 18.1 Å². The van der Waals surface area contributed by atoms with Gasteiger partial charge >= 0.3 is 5.97 Å². The third kappa shape index (κ3) is 4.04. The molecule has 0 bridgehead atoms. The number of aromatic carboxylic acids is 1. The molecule has 5 nitrogen and oxygen atoms in total. The van der Waals surface area contributed by atoms with E-state index >= 15 is 0 Å². The van der Waals surface area contributed by atoms with Crippen molar-refractivity contribution in [3.8, 4) is 5.75 Å². The number of phenols is 1. The molecular weight excluding hydrogens is 330 g/mol. The maximum atomic E-state index is 11.5. The number of carbonyl (C=O) groups is 2. The van der Waals surface area contributed by atoms with Gasteiger partial charge in [-0.05, 0) is 42.0 Å². The molecule has 0 heterocycles. The summed E-state index contributed by atoms with van der Waals surface area (Å²) < 4.78 is 0. The van der Waals surface area contributed by atoms with Crippen LogP contribution in [0.3, 0.4) is 0 Å². The number of rotatable bonds is 6. The van der Waals surface area contributed by atoms with Gasteiger partial charge in [0.15, 0.2) is 0 Å². The predicted octanol–water partition coefficient (Wildman–Crippen LogP) is 4.30. The van der Waals surface area contributed by atoms with Gasteiger partial charge in [-0.2, -0.15) is 0 Å². The monoisotopic (exact) mass is 353 g/mol. The molecule has 1 saturated carbocycles. The molecule has 0 aromatic heterocycles. The molecule has 1 aliphatic carbocycles. The average Bonchev–Trinajstić information content (AvgIpc) is 2.67. The summed E-state index contributed by atoms with van der Waals surface area (Å²) in [7, 11) is 0. The second-order valence-electron chi connectivity index (χ2n) is 6.82. The fraction of sp³-hybridized carbons (Fsp3) is 0.333. The lowest BCUT2D eigenvalue weighted by Crippen LogP contribution is -2.20. The van der Waals surface area contributed by atoms with Crippen molar-refractivity contribution in [1.82, 2.24) is 0 Å². The van der Waals surface area contributed by atoms with E-state index in [1.54, 1.807) is 0 Å². The third-order valence-corrected chi connectivity index (χ3v) is 5.08. The molecule has 0 spiro atoms. The fourth-order valence-electron chi connectivity index (χ4n) is 3.60. The summed E-state index contributed by atoms with van der Waals surface area (Å²) in [5, 5.41) is 18.8. The molecule has 2 aromatic rings. The molecule has 2 N–H and O–H groups in total. The number of anilines is 1. The average molecular weight is 353 g/mol. The van der Waals surface area contributed by atoms with Gasteiger partial charge in [-0.3, -0.25) is 4.79 Å². The third-order valence-electron chi connectivity index (χ3n) is 5.08. The van der Waals surface area contributed by atoms with E-state index in [1.165, 1.54) is 60.8 Å². The number of carboxylic acid groups (broad SMARTS) is 1. The van der Waals surface area contributed by atoms with Gasteiger partial charge in [0.1, 0.15) is 11.3 Å². The smallest absolute Gasteiger partial charge is 0.339 e. The number of hydrogen-bond donors (Lipinski definition) is 2. The van der Waals surface area contributed by atoms with Crippen molar-refractivity contribution in [3.63, 3.8) is 0 Å². The summed E-state index contributed by atoms with van der Waals surface area (Å²) in [6, 6.07) is 12.5. The van der Waals surface area contributed by atoms with Gasteiger partial charge in [0, 0.05) is 11.8 Å². The van der Waals surface area contributed by atoms with Crippen LogP contribution in [0.15, 0.2) is 42.5 Å². The van der Waals surface area contributed by atoms with E-state index in [1.807, 2.05) is 12.1 Å². The summed E-state index contributed by atoms with van der Waals surface area (Å²) in [4.78, 5) is 23.9. The van der Waals surface area contributed by atoms with Gasteiger partial charge < -0.3 is 15.1 Å². The number of amides is 1. The molecule has 2 aromatic carbocycles. The normalized spacial score (nSPS) is 14.8. The highest BCUT2D eigenvalue weighted by atomic mass is 16.4. The van der Waals surface area contributed by atoms with E-state index in [4.69, 9.17) is 5.11 Å². The predicted molar refractivity (Wildman–Crippen MR) is 99.6 cm³/mol. The van der Waals surface area contributed by atoms with Crippen LogP contribution in [-0.2, 0) is 11.3 Å². The Bertz CT molecular complexity index is 779. The van der Waals surface area contributed by atoms with Gasteiger partial charge in [0.2, 0.25) is 6.41 Å². The molecule has 3 rings (SSSR count). The zero-order valence-electron chi connectivity index (χ0n) is 14.6. The summed E-state index contributed by atoms with van der Waals surface area (Å²) in [6.45, 7) is 0.361. The first kappa shape index (κ1) is 18.0. The minimum absolute atomic E-state index is 0.184. The minimum atomic E-state index is -1.20. The largest absolute Gasteiger partial charge is 0.507 e. The van der Waals surface area contributed by atoms with E-state index in [9.17, 15) is 14.7 Å². The molecule has 0 unspecified atom stereocenters. The van der Waals surface area contributed by atoms with Crippen LogP contribution in [0, 0.1) is 0 Å². The first-order valence-electron chi connectivity index (χ1n) is 8.95. The Morgan fingerprint density at radius 2 is 1.77 bits per heavy atom. The van der Waals surface area contributed by atoms with E-state index in [2.05, 4.69) is 12.1 Å². The van der Waals surface area contributed by atoms with Gasteiger partial charge in [-0.25, -0.2) is 4.79 Å². The van der Waals surface area contributed by atoms with E-state index in [-0.39, 0.29) is 11.3 Å². The Labute approximate surface area is 152 Å². The lowest BCUT2D eigenvalue weighted by Gasteiger charge is -2.23. The van der Waals surface area contributed by atoms with Crippen molar-refractivity contribution in [2.45, 2.75) is 44.6 Å². The fourth-order valence-corrected chi connectivity index (χ4v) is 3.60. The Morgan fingerprint density at radius 1 is 1.08 bits per heavy atom. The highest BCUT2D eigenvalue weighted by Crippen LogP contribution is 2.33. The van der Waals surface area contributed by atoms with Crippen molar-refractivity contribution in [2.24, 2.45) is 0 Å². The number of carboxylic acids is 1. The van der Waals surface area contributed by atoms with E-state index < -0.39 is 5.97 Å².